The third-order valence-corrected chi connectivity index (χ3v) is 5.36. The first-order valence-corrected chi connectivity index (χ1v) is 9.57. The average Bonchev–Trinajstić information content (AvgIpc) is 3.05. The summed E-state index contributed by atoms with van der Waals surface area (Å²) in [5, 5.41) is 19.7. The highest BCUT2D eigenvalue weighted by atomic mass is 19.1. The Morgan fingerprint density at radius 3 is 2.50 bits per heavy atom. The van der Waals surface area contributed by atoms with E-state index in [0.29, 0.717) is 42.6 Å². The van der Waals surface area contributed by atoms with Crippen LogP contribution in [0.4, 0.5) is 10.2 Å². The highest BCUT2D eigenvalue weighted by molar-refractivity contribution is 5.90. The topological polar surface area (TPSA) is 98.9 Å². The van der Waals surface area contributed by atoms with Crippen molar-refractivity contribution in [2.24, 2.45) is 0 Å². The largest absolute Gasteiger partial charge is 0.480 e. The van der Waals surface area contributed by atoms with E-state index in [1.807, 2.05) is 23.1 Å². The number of rotatable bonds is 6. The predicted molar refractivity (Wildman–Crippen MR) is 108 cm³/mol. The second kappa shape index (κ2) is 8.11. The lowest BCUT2D eigenvalue weighted by molar-refractivity contribution is -0.143. The zero-order valence-corrected chi connectivity index (χ0v) is 16.1. The molecule has 0 bridgehead atoms. The van der Waals surface area contributed by atoms with Crippen molar-refractivity contribution in [1.82, 2.24) is 14.5 Å². The number of piperazine rings is 1. The number of carboxylic acids is 2. The molecule has 0 aliphatic carbocycles. The van der Waals surface area contributed by atoms with Crippen LogP contribution in [0.25, 0.3) is 10.9 Å². The summed E-state index contributed by atoms with van der Waals surface area (Å²) in [5.74, 6) is -1.77. The summed E-state index contributed by atoms with van der Waals surface area (Å²) in [6.07, 6.45) is 3.24. The van der Waals surface area contributed by atoms with Crippen LogP contribution < -0.4 is 4.90 Å². The number of pyridine rings is 1. The number of fused-ring (bicyclic) bond motifs is 1. The van der Waals surface area contributed by atoms with Gasteiger partial charge in [0.05, 0.1) is 5.52 Å². The molecule has 156 valence electrons. The number of carboxylic acid groups (broad SMARTS) is 2. The first-order chi connectivity index (χ1) is 14.4. The molecule has 8 nitrogen and oxygen atoms in total. The summed E-state index contributed by atoms with van der Waals surface area (Å²) in [6.45, 7) is 1.85. The Balaban J connectivity index is 1.65. The smallest absolute Gasteiger partial charge is 0.325 e. The van der Waals surface area contributed by atoms with E-state index >= 15 is 0 Å². The fraction of sp³-hybridized carbons (Fsp3) is 0.286. The first kappa shape index (κ1) is 19.8. The van der Waals surface area contributed by atoms with Crippen molar-refractivity contribution in [3.05, 3.63) is 60.2 Å². The molecule has 0 unspecified atom stereocenters. The molecule has 1 aliphatic rings. The van der Waals surface area contributed by atoms with Crippen molar-refractivity contribution >= 4 is 28.7 Å². The Labute approximate surface area is 171 Å². The molecule has 0 saturated carbocycles. The van der Waals surface area contributed by atoms with E-state index in [9.17, 15) is 24.2 Å². The van der Waals surface area contributed by atoms with Gasteiger partial charge in [-0.2, -0.15) is 0 Å². The minimum atomic E-state index is -1.08. The summed E-state index contributed by atoms with van der Waals surface area (Å²) < 4.78 is 15.2. The maximum atomic E-state index is 13.8. The van der Waals surface area contributed by atoms with E-state index in [-0.39, 0.29) is 6.54 Å². The quantitative estimate of drug-likeness (QED) is 0.640. The molecule has 30 heavy (non-hydrogen) atoms. The zero-order chi connectivity index (χ0) is 21.3. The number of aliphatic carboxylic acids is 2. The van der Waals surface area contributed by atoms with Crippen molar-refractivity contribution < 1.29 is 24.2 Å². The van der Waals surface area contributed by atoms with Gasteiger partial charge in [-0.3, -0.25) is 14.5 Å². The molecule has 2 N–H and O–H groups in total. The van der Waals surface area contributed by atoms with Crippen LogP contribution in [0.3, 0.4) is 0 Å². The van der Waals surface area contributed by atoms with Crippen LogP contribution in [0.1, 0.15) is 11.6 Å². The van der Waals surface area contributed by atoms with Gasteiger partial charge in [-0.25, -0.2) is 9.37 Å². The molecule has 0 spiro atoms. The SMILES string of the molecule is O=C(O)Cn1cc([C@@H](C(=O)O)N2CCN(c3ccccn3)CC2)c2ccc(F)cc21. The Kier molecular flexibility index (Phi) is 5.37. The van der Waals surface area contributed by atoms with Gasteiger partial charge in [0, 0.05) is 49.5 Å². The van der Waals surface area contributed by atoms with E-state index in [1.165, 1.54) is 29.0 Å². The van der Waals surface area contributed by atoms with Crippen molar-refractivity contribution in [3.8, 4) is 0 Å². The summed E-state index contributed by atoms with van der Waals surface area (Å²) in [7, 11) is 0. The van der Waals surface area contributed by atoms with Crippen molar-refractivity contribution in [1.29, 1.82) is 0 Å². The molecule has 9 heteroatoms. The van der Waals surface area contributed by atoms with E-state index < -0.39 is 23.8 Å². The maximum Gasteiger partial charge on any atom is 0.325 e. The van der Waals surface area contributed by atoms with E-state index in [1.54, 1.807) is 6.20 Å². The van der Waals surface area contributed by atoms with Gasteiger partial charge in [-0.05, 0) is 30.3 Å². The lowest BCUT2D eigenvalue weighted by Gasteiger charge is -2.38. The monoisotopic (exact) mass is 412 g/mol. The van der Waals surface area contributed by atoms with Crippen LogP contribution in [0.5, 0.6) is 0 Å². The molecule has 0 amide bonds. The average molecular weight is 412 g/mol. The Morgan fingerprint density at radius 1 is 1.10 bits per heavy atom. The Hall–Kier alpha value is -3.46. The van der Waals surface area contributed by atoms with Gasteiger partial charge in [-0.15, -0.1) is 0 Å². The van der Waals surface area contributed by atoms with Crippen LogP contribution in [-0.4, -0.2) is 62.8 Å². The number of benzene rings is 1. The van der Waals surface area contributed by atoms with Crippen LogP contribution in [-0.2, 0) is 16.1 Å². The molecule has 1 fully saturated rings. The van der Waals surface area contributed by atoms with Gasteiger partial charge < -0.3 is 19.7 Å². The van der Waals surface area contributed by atoms with E-state index in [4.69, 9.17) is 0 Å². The van der Waals surface area contributed by atoms with Crippen LogP contribution >= 0.6 is 0 Å². The van der Waals surface area contributed by atoms with Crippen LogP contribution in [0.15, 0.2) is 48.8 Å². The van der Waals surface area contributed by atoms with Gasteiger partial charge in [-0.1, -0.05) is 6.07 Å². The fourth-order valence-electron chi connectivity index (χ4n) is 4.02. The fourth-order valence-corrected chi connectivity index (χ4v) is 4.02. The normalized spacial score (nSPS) is 16.0. The number of hydrogen-bond acceptors (Lipinski definition) is 5. The van der Waals surface area contributed by atoms with E-state index in [0.717, 1.165) is 5.82 Å². The van der Waals surface area contributed by atoms with Gasteiger partial charge in [0.25, 0.3) is 0 Å². The van der Waals surface area contributed by atoms with Gasteiger partial charge >= 0.3 is 11.9 Å². The maximum absolute atomic E-state index is 13.8. The lowest BCUT2D eigenvalue weighted by Crippen LogP contribution is -2.49. The molecule has 0 radical (unpaired) electrons. The summed E-state index contributed by atoms with van der Waals surface area (Å²) in [5.41, 5.74) is 0.829. The molecule has 4 rings (SSSR count). The standard InChI is InChI=1S/C21H21FN4O4/c22-14-4-5-15-16(12-26(13-19(27)28)17(15)11-14)20(21(29)30)25-9-7-24(8-10-25)18-3-1-2-6-23-18/h1-6,11-12,20H,7-10,13H2,(H,27,28)(H,29,30)/t20-/m0/s1. The highest BCUT2D eigenvalue weighted by Gasteiger charge is 2.33. The first-order valence-electron chi connectivity index (χ1n) is 9.57. The minimum Gasteiger partial charge on any atom is -0.480 e. The van der Waals surface area contributed by atoms with Crippen molar-refractivity contribution in [2.45, 2.75) is 12.6 Å². The second-order valence-electron chi connectivity index (χ2n) is 7.22. The van der Waals surface area contributed by atoms with Crippen LogP contribution in [0, 0.1) is 5.82 Å². The summed E-state index contributed by atoms with van der Waals surface area (Å²) in [4.78, 5) is 31.7. The number of carbonyl (C=O) groups is 2. The predicted octanol–water partition coefficient (Wildman–Crippen LogP) is 2.21. The molecule has 1 saturated heterocycles. The molecule has 3 aromatic rings. The molecular formula is C21H21FN4O4. The minimum absolute atomic E-state index is 0.366. The van der Waals surface area contributed by atoms with Gasteiger partial charge in [0.15, 0.2) is 0 Å². The van der Waals surface area contributed by atoms with E-state index in [2.05, 4.69) is 9.88 Å². The van der Waals surface area contributed by atoms with Crippen LogP contribution in [0.2, 0.25) is 0 Å². The number of halogens is 1. The third kappa shape index (κ3) is 3.84. The summed E-state index contributed by atoms with van der Waals surface area (Å²) in [6, 6.07) is 8.71. The molecule has 1 aliphatic heterocycles. The molecule has 3 heterocycles. The third-order valence-electron chi connectivity index (χ3n) is 5.36. The molecule has 1 atom stereocenters. The second-order valence-corrected chi connectivity index (χ2v) is 7.22. The molecular weight excluding hydrogens is 391 g/mol. The number of anilines is 1. The van der Waals surface area contributed by atoms with Gasteiger partial charge in [0.1, 0.15) is 24.2 Å². The molecule has 1 aromatic carbocycles. The van der Waals surface area contributed by atoms with Crippen molar-refractivity contribution in [2.75, 3.05) is 31.1 Å². The Bertz CT molecular complexity index is 1080. The lowest BCUT2D eigenvalue weighted by atomic mass is 10.0. The number of aromatic nitrogens is 2. The highest BCUT2D eigenvalue weighted by Crippen LogP contribution is 2.32. The summed E-state index contributed by atoms with van der Waals surface area (Å²) >= 11 is 0. The van der Waals surface area contributed by atoms with Gasteiger partial charge in [0.2, 0.25) is 0 Å². The number of hydrogen-bond donors (Lipinski definition) is 2. The number of nitrogens with zero attached hydrogens (tertiary/aromatic N) is 4. The zero-order valence-electron chi connectivity index (χ0n) is 16.1. The Morgan fingerprint density at radius 2 is 1.87 bits per heavy atom. The molecule has 2 aromatic heterocycles. The van der Waals surface area contributed by atoms with Crippen molar-refractivity contribution in [3.63, 3.8) is 0 Å².